The SMILES string of the molecule is O=C(OCCOCC1CCOCC1)N1CC1. The Morgan fingerprint density at radius 3 is 2.69 bits per heavy atom. The lowest BCUT2D eigenvalue weighted by Crippen LogP contribution is -2.22. The van der Waals surface area contributed by atoms with E-state index in [1.807, 2.05) is 0 Å². The maximum atomic E-state index is 11.1. The van der Waals surface area contributed by atoms with Crippen LogP contribution in [0.2, 0.25) is 0 Å². The predicted molar refractivity (Wildman–Crippen MR) is 57.3 cm³/mol. The lowest BCUT2D eigenvalue weighted by molar-refractivity contribution is 0.00814. The van der Waals surface area contributed by atoms with E-state index in [2.05, 4.69) is 0 Å². The van der Waals surface area contributed by atoms with Crippen LogP contribution in [0.3, 0.4) is 0 Å². The Hall–Kier alpha value is -0.810. The molecule has 5 heteroatoms. The molecule has 16 heavy (non-hydrogen) atoms. The molecule has 0 aliphatic carbocycles. The van der Waals surface area contributed by atoms with Crippen molar-refractivity contribution in [3.8, 4) is 0 Å². The Balaban J connectivity index is 1.43. The van der Waals surface area contributed by atoms with E-state index in [0.29, 0.717) is 19.1 Å². The molecule has 2 saturated heterocycles. The second kappa shape index (κ2) is 6.06. The van der Waals surface area contributed by atoms with Gasteiger partial charge in [-0.25, -0.2) is 4.79 Å². The van der Waals surface area contributed by atoms with E-state index in [0.717, 1.165) is 45.8 Å². The van der Waals surface area contributed by atoms with Crippen molar-refractivity contribution in [3.05, 3.63) is 0 Å². The fraction of sp³-hybridized carbons (Fsp3) is 0.909. The summed E-state index contributed by atoms with van der Waals surface area (Å²) in [5, 5.41) is 0. The Morgan fingerprint density at radius 2 is 2.00 bits per heavy atom. The number of rotatable bonds is 5. The van der Waals surface area contributed by atoms with Gasteiger partial charge >= 0.3 is 6.09 Å². The van der Waals surface area contributed by atoms with Gasteiger partial charge < -0.3 is 19.1 Å². The molecule has 0 aromatic rings. The summed E-state index contributed by atoms with van der Waals surface area (Å²) in [6.45, 7) is 4.97. The molecular weight excluding hydrogens is 210 g/mol. The number of nitrogens with zero attached hydrogens (tertiary/aromatic N) is 1. The molecule has 2 aliphatic rings. The molecule has 0 N–H and O–H groups in total. The minimum Gasteiger partial charge on any atom is -0.447 e. The topological polar surface area (TPSA) is 47.8 Å². The van der Waals surface area contributed by atoms with Crippen LogP contribution in [0.5, 0.6) is 0 Å². The van der Waals surface area contributed by atoms with Crippen molar-refractivity contribution in [3.63, 3.8) is 0 Å². The second-order valence-electron chi connectivity index (χ2n) is 4.23. The Morgan fingerprint density at radius 1 is 1.25 bits per heavy atom. The maximum absolute atomic E-state index is 11.1. The molecule has 0 atom stereocenters. The average molecular weight is 229 g/mol. The van der Waals surface area contributed by atoms with Crippen LogP contribution in [0, 0.1) is 5.92 Å². The van der Waals surface area contributed by atoms with Gasteiger partial charge in [-0.3, -0.25) is 0 Å². The van der Waals surface area contributed by atoms with E-state index in [-0.39, 0.29) is 6.09 Å². The minimum absolute atomic E-state index is 0.213. The first-order valence-corrected chi connectivity index (χ1v) is 5.93. The Kier molecular flexibility index (Phi) is 4.42. The quantitative estimate of drug-likeness (QED) is 0.518. The predicted octanol–water partition coefficient (Wildman–Crippen LogP) is 0.882. The normalized spacial score (nSPS) is 20.9. The summed E-state index contributed by atoms with van der Waals surface area (Å²) in [7, 11) is 0. The van der Waals surface area contributed by atoms with E-state index in [1.165, 1.54) is 0 Å². The number of hydrogen-bond donors (Lipinski definition) is 0. The van der Waals surface area contributed by atoms with Gasteiger partial charge in [0.2, 0.25) is 0 Å². The molecular formula is C11H19NO4. The molecule has 0 radical (unpaired) electrons. The van der Waals surface area contributed by atoms with Gasteiger partial charge in [0.15, 0.2) is 0 Å². The third-order valence-corrected chi connectivity index (χ3v) is 2.85. The highest BCUT2D eigenvalue weighted by Gasteiger charge is 2.25. The van der Waals surface area contributed by atoms with E-state index < -0.39 is 0 Å². The van der Waals surface area contributed by atoms with Crippen molar-refractivity contribution in [1.29, 1.82) is 0 Å². The van der Waals surface area contributed by atoms with Crippen molar-refractivity contribution < 1.29 is 19.0 Å². The molecule has 0 aromatic carbocycles. The number of amides is 1. The summed E-state index contributed by atoms with van der Waals surface area (Å²) in [4.78, 5) is 12.8. The summed E-state index contributed by atoms with van der Waals surface area (Å²) in [5.41, 5.74) is 0. The molecule has 92 valence electrons. The molecule has 2 rings (SSSR count). The van der Waals surface area contributed by atoms with Crippen molar-refractivity contribution in [2.24, 2.45) is 5.92 Å². The van der Waals surface area contributed by atoms with Crippen LogP contribution in [0.15, 0.2) is 0 Å². The monoisotopic (exact) mass is 229 g/mol. The fourth-order valence-corrected chi connectivity index (χ4v) is 1.67. The fourth-order valence-electron chi connectivity index (χ4n) is 1.67. The lowest BCUT2D eigenvalue weighted by atomic mass is 10.0. The van der Waals surface area contributed by atoms with E-state index >= 15 is 0 Å². The molecule has 1 amide bonds. The largest absolute Gasteiger partial charge is 0.447 e. The van der Waals surface area contributed by atoms with Gasteiger partial charge in [-0.05, 0) is 18.8 Å². The molecule has 0 saturated carbocycles. The number of carbonyl (C=O) groups excluding carboxylic acids is 1. The van der Waals surface area contributed by atoms with Crippen molar-refractivity contribution in [2.45, 2.75) is 12.8 Å². The van der Waals surface area contributed by atoms with Gasteiger partial charge in [0.25, 0.3) is 0 Å². The van der Waals surface area contributed by atoms with Gasteiger partial charge in [-0.2, -0.15) is 0 Å². The second-order valence-corrected chi connectivity index (χ2v) is 4.23. The zero-order valence-corrected chi connectivity index (χ0v) is 9.52. The number of hydrogen-bond acceptors (Lipinski definition) is 4. The first-order chi connectivity index (χ1) is 7.86. The molecule has 0 aromatic heterocycles. The first-order valence-electron chi connectivity index (χ1n) is 5.93. The highest BCUT2D eigenvalue weighted by atomic mass is 16.6. The summed E-state index contributed by atoms with van der Waals surface area (Å²) in [6.07, 6.45) is 1.94. The van der Waals surface area contributed by atoms with Gasteiger partial charge in [-0.15, -0.1) is 0 Å². The Bertz CT molecular complexity index is 224. The van der Waals surface area contributed by atoms with Crippen LogP contribution < -0.4 is 0 Å². The smallest absolute Gasteiger partial charge is 0.409 e. The zero-order valence-electron chi connectivity index (χ0n) is 9.52. The molecule has 2 aliphatic heterocycles. The van der Waals surface area contributed by atoms with Crippen LogP contribution in [-0.2, 0) is 14.2 Å². The van der Waals surface area contributed by atoms with E-state index in [4.69, 9.17) is 14.2 Å². The summed E-state index contributed by atoms with van der Waals surface area (Å²) in [6, 6.07) is 0. The molecule has 2 fully saturated rings. The standard InChI is InChI=1S/C11H19NO4/c13-11(12-3-4-12)16-8-7-15-9-10-1-5-14-6-2-10/h10H,1-9H2. The molecule has 0 bridgehead atoms. The minimum atomic E-state index is -0.213. The third-order valence-electron chi connectivity index (χ3n) is 2.85. The van der Waals surface area contributed by atoms with Gasteiger partial charge in [0.05, 0.1) is 6.61 Å². The number of carbonyl (C=O) groups is 1. The average Bonchev–Trinajstić information content (AvgIpc) is 3.13. The van der Waals surface area contributed by atoms with Gasteiger partial charge in [0, 0.05) is 32.9 Å². The van der Waals surface area contributed by atoms with Crippen molar-refractivity contribution in [1.82, 2.24) is 4.90 Å². The van der Waals surface area contributed by atoms with Crippen LogP contribution in [-0.4, -0.2) is 57.1 Å². The zero-order chi connectivity index (χ0) is 11.2. The summed E-state index contributed by atoms with van der Waals surface area (Å²) >= 11 is 0. The van der Waals surface area contributed by atoms with E-state index in [1.54, 1.807) is 4.90 Å². The number of ether oxygens (including phenoxy) is 3. The van der Waals surface area contributed by atoms with E-state index in [9.17, 15) is 4.79 Å². The van der Waals surface area contributed by atoms with Crippen LogP contribution >= 0.6 is 0 Å². The van der Waals surface area contributed by atoms with Gasteiger partial charge in [-0.1, -0.05) is 0 Å². The summed E-state index contributed by atoms with van der Waals surface area (Å²) in [5.74, 6) is 0.608. The third kappa shape index (κ3) is 3.98. The van der Waals surface area contributed by atoms with Crippen LogP contribution in [0.4, 0.5) is 4.79 Å². The molecule has 5 nitrogen and oxygen atoms in total. The molecule has 0 unspecified atom stereocenters. The Labute approximate surface area is 95.6 Å². The van der Waals surface area contributed by atoms with Crippen LogP contribution in [0.1, 0.15) is 12.8 Å². The lowest BCUT2D eigenvalue weighted by Gasteiger charge is -2.21. The maximum Gasteiger partial charge on any atom is 0.409 e. The summed E-state index contributed by atoms with van der Waals surface area (Å²) < 4.78 is 15.7. The van der Waals surface area contributed by atoms with Crippen molar-refractivity contribution >= 4 is 6.09 Å². The van der Waals surface area contributed by atoms with Gasteiger partial charge in [0.1, 0.15) is 6.61 Å². The molecule has 2 heterocycles. The first kappa shape index (κ1) is 11.7. The van der Waals surface area contributed by atoms with Crippen molar-refractivity contribution in [2.75, 3.05) is 46.1 Å². The highest BCUT2D eigenvalue weighted by molar-refractivity contribution is 5.69. The highest BCUT2D eigenvalue weighted by Crippen LogP contribution is 2.14. The van der Waals surface area contributed by atoms with Crippen LogP contribution in [0.25, 0.3) is 0 Å². The molecule has 0 spiro atoms.